The van der Waals surface area contributed by atoms with Crippen LogP contribution in [0.25, 0.3) is 0 Å². The summed E-state index contributed by atoms with van der Waals surface area (Å²) in [6, 6.07) is 18.3. The average Bonchev–Trinajstić information content (AvgIpc) is 2.86. The summed E-state index contributed by atoms with van der Waals surface area (Å²) in [7, 11) is 0. The summed E-state index contributed by atoms with van der Waals surface area (Å²) in [5.74, 6) is 2.33. The molecule has 0 bridgehead atoms. The Morgan fingerprint density at radius 3 is 2.17 bits per heavy atom. The molecule has 10 heteroatoms. The molecule has 3 aromatic rings. The lowest BCUT2D eigenvalue weighted by molar-refractivity contribution is -0.127. The lowest BCUT2D eigenvalue weighted by Crippen LogP contribution is -2.66. The van der Waals surface area contributed by atoms with E-state index in [1.807, 2.05) is 30.3 Å². The van der Waals surface area contributed by atoms with E-state index in [0.29, 0.717) is 38.1 Å². The average molecular weight is 545 g/mol. The Hall–Kier alpha value is -3.89. The van der Waals surface area contributed by atoms with Crippen LogP contribution in [0.3, 0.4) is 0 Å². The summed E-state index contributed by atoms with van der Waals surface area (Å²) in [5.41, 5.74) is 3.32. The molecule has 10 nitrogen and oxygen atoms in total. The topological polar surface area (TPSA) is 115 Å². The minimum Gasteiger partial charge on any atom is -0.490 e. The maximum atomic E-state index is 10.8. The van der Waals surface area contributed by atoms with E-state index in [9.17, 15) is 4.79 Å². The summed E-state index contributed by atoms with van der Waals surface area (Å²) in [5, 5.41) is 11.3. The minimum atomic E-state index is -0.986. The molecule has 7 rings (SSSR count). The van der Waals surface area contributed by atoms with Gasteiger partial charge in [-0.25, -0.2) is 14.8 Å². The van der Waals surface area contributed by atoms with Gasteiger partial charge in [0.05, 0.1) is 43.0 Å². The number of carboxylic acid groups (broad SMARTS) is 1. The lowest BCUT2D eigenvalue weighted by atomic mass is 9.73. The van der Waals surface area contributed by atoms with Crippen LogP contribution in [0.1, 0.15) is 29.7 Å². The first-order valence-corrected chi connectivity index (χ1v) is 13.7. The fraction of sp³-hybridized carbons (Fsp3) is 0.433. The Morgan fingerprint density at radius 1 is 0.950 bits per heavy atom. The number of amides is 1. The van der Waals surface area contributed by atoms with Crippen molar-refractivity contribution in [1.82, 2.24) is 15.3 Å². The molecular formula is C30H32N4O6. The number of benzene rings is 2. The number of carbonyl (C=O) groups is 1. The molecule has 1 amide bonds. The summed E-state index contributed by atoms with van der Waals surface area (Å²) in [4.78, 5) is 22.1. The number of nitrogens with zero attached hydrogens (tertiary/aromatic N) is 3. The van der Waals surface area contributed by atoms with Gasteiger partial charge in [0.15, 0.2) is 0 Å². The van der Waals surface area contributed by atoms with Gasteiger partial charge >= 0.3 is 6.09 Å². The molecule has 2 N–H and O–H groups in total. The Bertz CT molecular complexity index is 1360. The van der Waals surface area contributed by atoms with Crippen LogP contribution in [-0.2, 0) is 21.5 Å². The second-order valence-corrected chi connectivity index (χ2v) is 11.5. The third-order valence-corrected chi connectivity index (χ3v) is 8.48. The van der Waals surface area contributed by atoms with E-state index in [1.54, 1.807) is 6.20 Å². The lowest BCUT2D eigenvalue weighted by Gasteiger charge is -2.54. The van der Waals surface area contributed by atoms with Crippen LogP contribution < -0.4 is 19.7 Å². The molecule has 0 radical (unpaired) electrons. The van der Waals surface area contributed by atoms with Gasteiger partial charge in [-0.05, 0) is 41.5 Å². The van der Waals surface area contributed by atoms with Gasteiger partial charge in [0.1, 0.15) is 24.2 Å². The highest BCUT2D eigenvalue weighted by molar-refractivity contribution is 5.65. The molecule has 3 aliphatic heterocycles. The largest absolute Gasteiger partial charge is 0.490 e. The fourth-order valence-electron chi connectivity index (χ4n) is 5.93. The second-order valence-electron chi connectivity index (χ2n) is 11.5. The van der Waals surface area contributed by atoms with Gasteiger partial charge in [0.2, 0.25) is 5.95 Å². The minimum absolute atomic E-state index is 0.0247. The van der Waals surface area contributed by atoms with Crippen molar-refractivity contribution in [1.29, 1.82) is 0 Å². The van der Waals surface area contributed by atoms with Gasteiger partial charge in [-0.1, -0.05) is 24.3 Å². The van der Waals surface area contributed by atoms with Crippen molar-refractivity contribution >= 4 is 12.0 Å². The Labute approximate surface area is 232 Å². The van der Waals surface area contributed by atoms with Crippen molar-refractivity contribution in [3.63, 3.8) is 0 Å². The van der Waals surface area contributed by atoms with Gasteiger partial charge in [0.25, 0.3) is 0 Å². The van der Waals surface area contributed by atoms with Crippen LogP contribution in [0, 0.1) is 5.41 Å². The predicted molar refractivity (Wildman–Crippen MR) is 145 cm³/mol. The Kier molecular flexibility index (Phi) is 6.24. The highest BCUT2D eigenvalue weighted by Gasteiger charge is 2.50. The number of nitrogens with one attached hydrogen (secondary N) is 1. The number of hydrogen-bond donors (Lipinski definition) is 2. The molecule has 4 heterocycles. The maximum Gasteiger partial charge on any atom is 0.404 e. The third-order valence-electron chi connectivity index (χ3n) is 8.48. The normalized spacial score (nSPS) is 23.6. The van der Waals surface area contributed by atoms with Crippen molar-refractivity contribution in [2.75, 3.05) is 44.4 Å². The second kappa shape index (κ2) is 9.94. The quantitative estimate of drug-likeness (QED) is 0.418. The summed E-state index contributed by atoms with van der Waals surface area (Å²) >= 11 is 0. The number of anilines is 1. The van der Waals surface area contributed by atoms with Crippen LogP contribution >= 0.6 is 0 Å². The molecule has 2 aromatic carbocycles. The highest BCUT2D eigenvalue weighted by atomic mass is 16.5. The number of ether oxygens (including phenoxy) is 4. The van der Waals surface area contributed by atoms with Gasteiger partial charge < -0.3 is 34.3 Å². The third kappa shape index (κ3) is 4.71. The SMILES string of the molecule is O=C(O)N[C@H]1C[C@H](Oc2ccc(C3(c4ccc(OCc5ccnc(N6CC7(COC7)C6)n5)cc4)COC3)cc2)C1. The van der Waals surface area contributed by atoms with E-state index in [0.717, 1.165) is 49.4 Å². The van der Waals surface area contributed by atoms with E-state index in [4.69, 9.17) is 29.0 Å². The maximum absolute atomic E-state index is 10.8. The zero-order valence-electron chi connectivity index (χ0n) is 22.1. The molecule has 4 fully saturated rings. The van der Waals surface area contributed by atoms with Crippen LogP contribution in [0.5, 0.6) is 11.5 Å². The molecule has 1 saturated carbocycles. The van der Waals surface area contributed by atoms with E-state index >= 15 is 0 Å². The van der Waals surface area contributed by atoms with Gasteiger partial charge in [-0.3, -0.25) is 0 Å². The number of rotatable bonds is 9. The highest BCUT2D eigenvalue weighted by Crippen LogP contribution is 2.41. The number of aromatic nitrogens is 2. The molecule has 3 saturated heterocycles. The molecule has 40 heavy (non-hydrogen) atoms. The molecular weight excluding hydrogens is 512 g/mol. The van der Waals surface area contributed by atoms with Crippen molar-refractivity contribution in [3.05, 3.63) is 77.6 Å². The van der Waals surface area contributed by atoms with E-state index in [2.05, 4.69) is 39.5 Å². The smallest absolute Gasteiger partial charge is 0.404 e. The fourth-order valence-corrected chi connectivity index (χ4v) is 5.93. The summed E-state index contributed by atoms with van der Waals surface area (Å²) in [6.45, 7) is 5.19. The molecule has 0 unspecified atom stereocenters. The Morgan fingerprint density at radius 2 is 1.60 bits per heavy atom. The van der Waals surface area contributed by atoms with Crippen molar-refractivity contribution < 1.29 is 28.8 Å². The zero-order valence-corrected chi connectivity index (χ0v) is 22.1. The van der Waals surface area contributed by atoms with Crippen molar-refractivity contribution in [3.8, 4) is 11.5 Å². The van der Waals surface area contributed by atoms with Gasteiger partial charge in [0, 0.05) is 38.2 Å². The molecule has 1 spiro atoms. The predicted octanol–water partition coefficient (Wildman–Crippen LogP) is 3.39. The standard InChI is InChI=1S/C30H32N4O6/c35-28(36)33-23-11-26(12-23)40-25-7-3-21(4-8-25)30(18-38-19-30)20-1-5-24(6-2-20)39-13-22-9-10-31-27(32-22)34-14-29(15-34)16-37-17-29/h1-10,23,26,33H,11-19H2,(H,35,36)/t23-,26-. The van der Waals surface area contributed by atoms with Crippen molar-refractivity contribution in [2.45, 2.75) is 37.0 Å². The molecule has 1 aliphatic carbocycles. The monoisotopic (exact) mass is 544 g/mol. The van der Waals surface area contributed by atoms with E-state index in [1.165, 1.54) is 11.1 Å². The van der Waals surface area contributed by atoms with Crippen molar-refractivity contribution in [2.24, 2.45) is 5.41 Å². The summed E-state index contributed by atoms with van der Waals surface area (Å²) in [6.07, 6.45) is 2.22. The van der Waals surface area contributed by atoms with Crippen LogP contribution in [-0.4, -0.2) is 72.8 Å². The molecule has 0 atom stereocenters. The van der Waals surface area contributed by atoms with E-state index < -0.39 is 6.09 Å². The van der Waals surface area contributed by atoms with E-state index in [-0.39, 0.29) is 17.6 Å². The zero-order chi connectivity index (χ0) is 27.2. The molecule has 1 aromatic heterocycles. The molecule has 208 valence electrons. The summed E-state index contributed by atoms with van der Waals surface area (Å²) < 4.78 is 23.1. The number of hydrogen-bond acceptors (Lipinski definition) is 8. The first-order valence-electron chi connectivity index (χ1n) is 13.7. The van der Waals surface area contributed by atoms with Crippen LogP contribution in [0.2, 0.25) is 0 Å². The van der Waals surface area contributed by atoms with Crippen LogP contribution in [0.15, 0.2) is 60.8 Å². The molecule has 4 aliphatic rings. The Balaban J connectivity index is 0.951. The van der Waals surface area contributed by atoms with Crippen LogP contribution in [0.4, 0.5) is 10.7 Å². The first kappa shape index (κ1) is 25.1. The first-order chi connectivity index (χ1) is 19.5. The van der Waals surface area contributed by atoms with Gasteiger partial charge in [-0.2, -0.15) is 0 Å². The van der Waals surface area contributed by atoms with Gasteiger partial charge in [-0.15, -0.1) is 0 Å².